The van der Waals surface area contributed by atoms with Crippen LogP contribution < -0.4 is 9.47 Å². The SMILES string of the molecule is CCCc1cc(F)c(C#Cc2cc(F)c(OCC(F)(F)Oc3cc(F)c(C(F)(F)F)c(F)c3)c(F)c2)c(F)c1. The summed E-state index contributed by atoms with van der Waals surface area (Å²) >= 11 is 0. The van der Waals surface area contributed by atoms with Crippen LogP contribution in [-0.2, 0) is 12.6 Å². The van der Waals surface area contributed by atoms with Gasteiger partial charge in [-0.2, -0.15) is 22.0 Å². The second-order valence-corrected chi connectivity index (χ2v) is 7.99. The van der Waals surface area contributed by atoms with E-state index >= 15 is 0 Å². The standard InChI is InChI=1S/C26H15F11O2/c1-2-3-13-6-17(27)16(18(28)7-13)5-4-14-8-21(31)24(22(32)9-14)38-12-25(33,34)39-15-10-19(29)23(20(30)11-15)26(35,36)37/h6-11H,2-3,12H2,1H3. The highest BCUT2D eigenvalue weighted by Crippen LogP contribution is 2.36. The smallest absolute Gasteiger partial charge is 0.433 e. The molecule has 0 aromatic heterocycles. The zero-order valence-corrected chi connectivity index (χ0v) is 19.6. The van der Waals surface area contributed by atoms with Gasteiger partial charge in [-0.15, -0.1) is 0 Å². The Morgan fingerprint density at radius 2 is 1.23 bits per heavy atom. The number of rotatable bonds is 7. The maximum Gasteiger partial charge on any atom is 0.433 e. The van der Waals surface area contributed by atoms with Gasteiger partial charge >= 0.3 is 12.3 Å². The second-order valence-electron chi connectivity index (χ2n) is 7.99. The fourth-order valence-electron chi connectivity index (χ4n) is 3.32. The van der Waals surface area contributed by atoms with Crippen molar-refractivity contribution in [3.05, 3.63) is 93.6 Å². The molecule has 0 radical (unpaired) electrons. The third-order valence-corrected chi connectivity index (χ3v) is 4.92. The van der Waals surface area contributed by atoms with E-state index in [-0.39, 0.29) is 12.1 Å². The summed E-state index contributed by atoms with van der Waals surface area (Å²) in [7, 11) is 0. The topological polar surface area (TPSA) is 18.5 Å². The maximum absolute atomic E-state index is 14.3. The van der Waals surface area contributed by atoms with E-state index in [1.807, 2.05) is 0 Å². The molecule has 0 amide bonds. The fourth-order valence-corrected chi connectivity index (χ4v) is 3.32. The van der Waals surface area contributed by atoms with Crippen LogP contribution in [-0.4, -0.2) is 12.7 Å². The van der Waals surface area contributed by atoms with Crippen LogP contribution in [0.1, 0.15) is 35.6 Å². The van der Waals surface area contributed by atoms with Gasteiger partial charge in [0.25, 0.3) is 0 Å². The van der Waals surface area contributed by atoms with Crippen molar-refractivity contribution >= 4 is 0 Å². The molecular formula is C26H15F11O2. The Labute approximate surface area is 214 Å². The number of hydrogen-bond acceptors (Lipinski definition) is 2. The van der Waals surface area contributed by atoms with Crippen LogP contribution in [0.4, 0.5) is 48.3 Å². The molecule has 208 valence electrons. The Balaban J connectivity index is 1.76. The monoisotopic (exact) mass is 568 g/mol. The third kappa shape index (κ3) is 7.34. The predicted molar refractivity (Wildman–Crippen MR) is 115 cm³/mol. The average molecular weight is 568 g/mol. The quantitative estimate of drug-likeness (QED) is 0.213. The Hall–Kier alpha value is -3.95. The first-order chi connectivity index (χ1) is 18.1. The number of aryl methyl sites for hydroxylation is 1. The summed E-state index contributed by atoms with van der Waals surface area (Å²) in [5.74, 6) is -8.05. The molecule has 0 aliphatic heterocycles. The van der Waals surface area contributed by atoms with Crippen molar-refractivity contribution in [2.75, 3.05) is 6.61 Å². The lowest BCUT2D eigenvalue weighted by atomic mass is 10.1. The molecule has 3 aromatic rings. The van der Waals surface area contributed by atoms with Gasteiger partial charge in [-0.3, -0.25) is 0 Å². The third-order valence-electron chi connectivity index (χ3n) is 4.92. The molecule has 0 bridgehead atoms. The van der Waals surface area contributed by atoms with Crippen LogP contribution in [0.2, 0.25) is 0 Å². The van der Waals surface area contributed by atoms with Crippen molar-refractivity contribution in [1.29, 1.82) is 0 Å². The van der Waals surface area contributed by atoms with Crippen LogP contribution >= 0.6 is 0 Å². The molecule has 0 aliphatic carbocycles. The van der Waals surface area contributed by atoms with Gasteiger partial charge < -0.3 is 9.47 Å². The molecule has 0 aliphatic rings. The summed E-state index contributed by atoms with van der Waals surface area (Å²) in [5.41, 5.74) is -3.05. The highest BCUT2D eigenvalue weighted by atomic mass is 19.4. The normalized spacial score (nSPS) is 11.7. The van der Waals surface area contributed by atoms with E-state index in [1.54, 1.807) is 6.92 Å². The van der Waals surface area contributed by atoms with Crippen LogP contribution in [0.5, 0.6) is 11.5 Å². The lowest BCUT2D eigenvalue weighted by molar-refractivity contribution is -0.196. The second kappa shape index (κ2) is 11.4. The number of ether oxygens (including phenoxy) is 2. The van der Waals surface area contributed by atoms with Gasteiger partial charge in [0.05, 0.1) is 5.56 Å². The largest absolute Gasteiger partial charge is 0.477 e. The average Bonchev–Trinajstić information content (AvgIpc) is 2.76. The van der Waals surface area contributed by atoms with Gasteiger partial charge in [0.2, 0.25) is 0 Å². The minimum absolute atomic E-state index is 0.155. The summed E-state index contributed by atoms with van der Waals surface area (Å²) < 4.78 is 158. The lowest BCUT2D eigenvalue weighted by Gasteiger charge is -2.19. The summed E-state index contributed by atoms with van der Waals surface area (Å²) in [5, 5.41) is 0. The van der Waals surface area contributed by atoms with Gasteiger partial charge in [0.15, 0.2) is 24.0 Å². The molecule has 0 N–H and O–H groups in total. The van der Waals surface area contributed by atoms with Crippen LogP contribution in [0.15, 0.2) is 36.4 Å². The Morgan fingerprint density at radius 3 is 1.72 bits per heavy atom. The molecule has 0 fully saturated rings. The molecular weight excluding hydrogens is 553 g/mol. The van der Waals surface area contributed by atoms with Crippen molar-refractivity contribution in [2.24, 2.45) is 0 Å². The Bertz CT molecular complexity index is 1370. The summed E-state index contributed by atoms with van der Waals surface area (Å²) in [6, 6.07) is 2.85. The number of benzene rings is 3. The zero-order chi connectivity index (χ0) is 29.1. The first-order valence-corrected chi connectivity index (χ1v) is 10.9. The van der Waals surface area contributed by atoms with E-state index in [4.69, 9.17) is 0 Å². The van der Waals surface area contributed by atoms with E-state index in [2.05, 4.69) is 21.3 Å². The van der Waals surface area contributed by atoms with E-state index in [1.165, 1.54) is 0 Å². The molecule has 39 heavy (non-hydrogen) atoms. The van der Waals surface area contributed by atoms with Crippen molar-refractivity contribution in [2.45, 2.75) is 32.1 Å². The molecule has 0 atom stereocenters. The van der Waals surface area contributed by atoms with Gasteiger partial charge in [-0.1, -0.05) is 25.2 Å². The molecule has 0 heterocycles. The summed E-state index contributed by atoms with van der Waals surface area (Å²) in [4.78, 5) is 0. The van der Waals surface area contributed by atoms with Gasteiger partial charge in [0.1, 0.15) is 34.6 Å². The highest BCUT2D eigenvalue weighted by molar-refractivity contribution is 5.47. The predicted octanol–water partition coefficient (Wildman–Crippen LogP) is 7.94. The van der Waals surface area contributed by atoms with Crippen molar-refractivity contribution < 1.29 is 57.8 Å². The molecule has 0 spiro atoms. The number of alkyl halides is 5. The van der Waals surface area contributed by atoms with Crippen molar-refractivity contribution in [3.63, 3.8) is 0 Å². The van der Waals surface area contributed by atoms with E-state index in [0.717, 1.165) is 12.1 Å². The molecule has 2 nitrogen and oxygen atoms in total. The van der Waals surface area contributed by atoms with E-state index < -0.39 is 82.0 Å². The molecule has 0 saturated heterocycles. The van der Waals surface area contributed by atoms with Gasteiger partial charge in [0, 0.05) is 17.7 Å². The molecule has 13 heteroatoms. The summed E-state index contributed by atoms with van der Waals surface area (Å²) in [6.07, 6.45) is -8.94. The first-order valence-electron chi connectivity index (χ1n) is 10.9. The Kier molecular flexibility index (Phi) is 8.67. The first kappa shape index (κ1) is 29.6. The summed E-state index contributed by atoms with van der Waals surface area (Å²) in [6.45, 7) is -0.133. The fraction of sp³-hybridized carbons (Fsp3) is 0.231. The molecule has 3 rings (SSSR count). The molecule has 3 aromatic carbocycles. The highest BCUT2D eigenvalue weighted by Gasteiger charge is 2.40. The molecule has 0 unspecified atom stereocenters. The van der Waals surface area contributed by atoms with Crippen LogP contribution in [0.25, 0.3) is 0 Å². The zero-order valence-electron chi connectivity index (χ0n) is 19.6. The molecule has 0 saturated carbocycles. The maximum atomic E-state index is 14.3. The minimum Gasteiger partial charge on any atom is -0.477 e. The van der Waals surface area contributed by atoms with Crippen LogP contribution in [0.3, 0.4) is 0 Å². The number of halogens is 11. The van der Waals surface area contributed by atoms with Crippen molar-refractivity contribution in [3.8, 4) is 23.3 Å². The van der Waals surface area contributed by atoms with Gasteiger partial charge in [-0.05, 0) is 36.2 Å². The van der Waals surface area contributed by atoms with Crippen LogP contribution in [0, 0.1) is 46.7 Å². The Morgan fingerprint density at radius 1 is 0.692 bits per heavy atom. The van der Waals surface area contributed by atoms with E-state index in [9.17, 15) is 48.3 Å². The lowest BCUT2D eigenvalue weighted by Crippen LogP contribution is -2.33. The van der Waals surface area contributed by atoms with Crippen molar-refractivity contribution in [1.82, 2.24) is 0 Å². The number of hydrogen-bond donors (Lipinski definition) is 0. The van der Waals surface area contributed by atoms with Gasteiger partial charge in [-0.25, -0.2) is 26.3 Å². The minimum atomic E-state index is -5.45. The van der Waals surface area contributed by atoms with E-state index in [0.29, 0.717) is 30.5 Å².